The van der Waals surface area contributed by atoms with Gasteiger partial charge < -0.3 is 5.32 Å². The molecule has 0 aliphatic carbocycles. The number of benzene rings is 1. The van der Waals surface area contributed by atoms with Crippen molar-refractivity contribution in [2.45, 2.75) is 24.8 Å². The van der Waals surface area contributed by atoms with E-state index in [2.05, 4.69) is 12.2 Å². The summed E-state index contributed by atoms with van der Waals surface area (Å²) in [7, 11) is -1.83. The van der Waals surface area contributed by atoms with Crippen LogP contribution in [0.25, 0.3) is 0 Å². The number of thiophene rings is 1. The normalized spacial score (nSPS) is 11.8. The average Bonchev–Trinajstić information content (AvgIpc) is 2.98. The Morgan fingerprint density at radius 2 is 1.90 bits per heavy atom. The standard InChI is InChI=1S/C15H20N2O2S2/c1-3-10-16-13-6-8-15(9-7-13)21(18,19)17(2)12-14-5-4-11-20-14/h4-9,11,16H,3,10,12H2,1-2H3. The number of nitrogens with zero attached hydrogens (tertiary/aromatic N) is 1. The summed E-state index contributed by atoms with van der Waals surface area (Å²) in [4.78, 5) is 1.35. The lowest BCUT2D eigenvalue weighted by Gasteiger charge is -2.16. The van der Waals surface area contributed by atoms with Crippen LogP contribution in [0.15, 0.2) is 46.7 Å². The highest BCUT2D eigenvalue weighted by Crippen LogP contribution is 2.20. The smallest absolute Gasteiger partial charge is 0.243 e. The first kappa shape index (κ1) is 16.0. The van der Waals surface area contributed by atoms with Crippen molar-refractivity contribution in [2.24, 2.45) is 0 Å². The Labute approximate surface area is 130 Å². The summed E-state index contributed by atoms with van der Waals surface area (Å²) >= 11 is 1.56. The molecule has 0 bridgehead atoms. The maximum atomic E-state index is 12.5. The second-order valence-electron chi connectivity index (χ2n) is 4.79. The van der Waals surface area contributed by atoms with E-state index < -0.39 is 10.0 Å². The van der Waals surface area contributed by atoms with Gasteiger partial charge in [-0.3, -0.25) is 0 Å². The Hall–Kier alpha value is -1.37. The van der Waals surface area contributed by atoms with Crippen LogP contribution in [0.4, 0.5) is 5.69 Å². The van der Waals surface area contributed by atoms with Gasteiger partial charge in [0.25, 0.3) is 0 Å². The van der Waals surface area contributed by atoms with Crippen LogP contribution in [0.5, 0.6) is 0 Å². The van der Waals surface area contributed by atoms with Gasteiger partial charge in [0.05, 0.1) is 4.90 Å². The third-order valence-corrected chi connectivity index (χ3v) is 5.78. The molecule has 0 amide bonds. The first-order chi connectivity index (χ1) is 10.0. The fourth-order valence-corrected chi connectivity index (χ4v) is 3.89. The predicted molar refractivity (Wildman–Crippen MR) is 88.2 cm³/mol. The Morgan fingerprint density at radius 3 is 2.48 bits per heavy atom. The molecule has 0 spiro atoms. The van der Waals surface area contributed by atoms with Gasteiger partial charge >= 0.3 is 0 Å². The molecule has 4 nitrogen and oxygen atoms in total. The van der Waals surface area contributed by atoms with Crippen LogP contribution >= 0.6 is 11.3 Å². The molecule has 0 atom stereocenters. The number of rotatable bonds is 7. The molecule has 0 radical (unpaired) electrons. The first-order valence-electron chi connectivity index (χ1n) is 6.86. The van der Waals surface area contributed by atoms with Crippen molar-refractivity contribution < 1.29 is 8.42 Å². The molecule has 2 rings (SSSR count). The van der Waals surface area contributed by atoms with Crippen molar-refractivity contribution in [3.05, 3.63) is 46.7 Å². The summed E-state index contributed by atoms with van der Waals surface area (Å²) < 4.78 is 26.4. The average molecular weight is 324 g/mol. The minimum absolute atomic E-state index is 0.323. The lowest BCUT2D eigenvalue weighted by Crippen LogP contribution is -2.26. The lowest BCUT2D eigenvalue weighted by molar-refractivity contribution is 0.469. The van der Waals surface area contributed by atoms with Crippen LogP contribution in [0, 0.1) is 0 Å². The summed E-state index contributed by atoms with van der Waals surface area (Å²) in [6, 6.07) is 10.8. The molecular weight excluding hydrogens is 304 g/mol. The van der Waals surface area contributed by atoms with E-state index in [4.69, 9.17) is 0 Å². The van der Waals surface area contributed by atoms with Gasteiger partial charge in [-0.2, -0.15) is 4.31 Å². The third-order valence-electron chi connectivity index (χ3n) is 3.10. The van der Waals surface area contributed by atoms with Gasteiger partial charge in [-0.25, -0.2) is 8.42 Å². The summed E-state index contributed by atoms with van der Waals surface area (Å²) in [5.74, 6) is 0. The molecular formula is C15H20N2O2S2. The van der Waals surface area contributed by atoms with Gasteiger partial charge in [0, 0.05) is 30.7 Å². The van der Waals surface area contributed by atoms with Crippen molar-refractivity contribution in [3.63, 3.8) is 0 Å². The van der Waals surface area contributed by atoms with Gasteiger partial charge in [0.2, 0.25) is 10.0 Å². The van der Waals surface area contributed by atoms with Crippen molar-refractivity contribution in [2.75, 3.05) is 18.9 Å². The minimum Gasteiger partial charge on any atom is -0.385 e. The number of hydrogen-bond acceptors (Lipinski definition) is 4. The van der Waals surface area contributed by atoms with Gasteiger partial charge in [-0.15, -0.1) is 11.3 Å². The van der Waals surface area contributed by atoms with E-state index in [0.29, 0.717) is 11.4 Å². The van der Waals surface area contributed by atoms with Crippen LogP contribution in [0.1, 0.15) is 18.2 Å². The maximum absolute atomic E-state index is 12.5. The summed E-state index contributed by atoms with van der Waals surface area (Å²) in [6.07, 6.45) is 1.03. The molecule has 6 heteroatoms. The topological polar surface area (TPSA) is 49.4 Å². The van der Waals surface area contributed by atoms with Crippen LogP contribution in [-0.2, 0) is 16.6 Å². The van der Waals surface area contributed by atoms with E-state index in [1.54, 1.807) is 30.5 Å². The molecule has 0 aliphatic heterocycles. The Bertz CT molecular complexity index is 649. The molecule has 1 N–H and O–H groups in total. The summed E-state index contributed by atoms with van der Waals surface area (Å²) in [5, 5.41) is 5.18. The molecule has 0 unspecified atom stereocenters. The molecule has 0 saturated carbocycles. The zero-order valence-corrected chi connectivity index (χ0v) is 13.9. The van der Waals surface area contributed by atoms with Gasteiger partial charge in [-0.05, 0) is 42.1 Å². The highest BCUT2D eigenvalue weighted by Gasteiger charge is 2.20. The number of anilines is 1. The second-order valence-corrected chi connectivity index (χ2v) is 7.87. The maximum Gasteiger partial charge on any atom is 0.243 e. The quantitative estimate of drug-likeness (QED) is 0.849. The van der Waals surface area contributed by atoms with E-state index in [1.807, 2.05) is 29.6 Å². The van der Waals surface area contributed by atoms with E-state index in [0.717, 1.165) is 23.5 Å². The van der Waals surface area contributed by atoms with Gasteiger partial charge in [0.1, 0.15) is 0 Å². The van der Waals surface area contributed by atoms with Crippen molar-refractivity contribution >= 4 is 27.0 Å². The van der Waals surface area contributed by atoms with E-state index in [-0.39, 0.29) is 0 Å². The van der Waals surface area contributed by atoms with Crippen molar-refractivity contribution in [1.29, 1.82) is 0 Å². The van der Waals surface area contributed by atoms with Crippen molar-refractivity contribution in [1.82, 2.24) is 4.31 Å². The molecule has 1 heterocycles. The largest absolute Gasteiger partial charge is 0.385 e. The molecule has 21 heavy (non-hydrogen) atoms. The zero-order valence-electron chi connectivity index (χ0n) is 12.2. The number of sulfonamides is 1. The molecule has 114 valence electrons. The molecule has 0 fully saturated rings. The fourth-order valence-electron chi connectivity index (χ4n) is 1.90. The van der Waals surface area contributed by atoms with Crippen molar-refractivity contribution in [3.8, 4) is 0 Å². The van der Waals surface area contributed by atoms with Gasteiger partial charge in [-0.1, -0.05) is 13.0 Å². The molecule has 1 aromatic heterocycles. The summed E-state index contributed by atoms with van der Waals surface area (Å²) in [6.45, 7) is 3.37. The van der Waals surface area contributed by atoms with E-state index >= 15 is 0 Å². The lowest BCUT2D eigenvalue weighted by atomic mass is 10.3. The predicted octanol–water partition coefficient (Wildman–Crippen LogP) is 3.39. The zero-order chi connectivity index (χ0) is 15.3. The first-order valence-corrected chi connectivity index (χ1v) is 9.18. The third kappa shape index (κ3) is 4.06. The number of hydrogen-bond donors (Lipinski definition) is 1. The number of nitrogens with one attached hydrogen (secondary N) is 1. The monoisotopic (exact) mass is 324 g/mol. The second kappa shape index (κ2) is 7.06. The molecule has 1 aromatic carbocycles. The van der Waals surface area contributed by atoms with Gasteiger partial charge in [0.15, 0.2) is 0 Å². The molecule has 0 saturated heterocycles. The van der Waals surface area contributed by atoms with E-state index in [9.17, 15) is 8.42 Å². The Balaban J connectivity index is 2.11. The SMILES string of the molecule is CCCNc1ccc(S(=O)(=O)N(C)Cc2cccs2)cc1. The highest BCUT2D eigenvalue weighted by atomic mass is 32.2. The molecule has 0 aliphatic rings. The van der Waals surface area contributed by atoms with Crippen LogP contribution < -0.4 is 5.32 Å². The van der Waals surface area contributed by atoms with E-state index in [1.165, 1.54) is 4.31 Å². The summed E-state index contributed by atoms with van der Waals surface area (Å²) in [5.41, 5.74) is 0.941. The minimum atomic E-state index is -3.44. The molecule has 2 aromatic rings. The Kier molecular flexibility index (Phi) is 5.39. The highest BCUT2D eigenvalue weighted by molar-refractivity contribution is 7.89. The van der Waals surface area contributed by atoms with Crippen LogP contribution in [-0.4, -0.2) is 26.3 Å². The van der Waals surface area contributed by atoms with Crippen LogP contribution in [0.2, 0.25) is 0 Å². The van der Waals surface area contributed by atoms with Crippen LogP contribution in [0.3, 0.4) is 0 Å². The Morgan fingerprint density at radius 1 is 1.19 bits per heavy atom. The fraction of sp³-hybridized carbons (Fsp3) is 0.333.